The van der Waals surface area contributed by atoms with E-state index in [0.29, 0.717) is 30.5 Å². The molecule has 1 aromatic carbocycles. The van der Waals surface area contributed by atoms with Crippen LogP contribution in [0.25, 0.3) is 0 Å². The van der Waals surface area contributed by atoms with Crippen LogP contribution in [0.1, 0.15) is 5.56 Å². The molecule has 7 heteroatoms. The minimum atomic E-state index is -0.413. The quantitative estimate of drug-likeness (QED) is 0.713. The van der Waals surface area contributed by atoms with Crippen LogP contribution in [0.2, 0.25) is 5.02 Å². The molecule has 116 valence electrons. The first-order valence-electron chi connectivity index (χ1n) is 6.75. The minimum absolute atomic E-state index is 0.271. The monoisotopic (exact) mass is 314 g/mol. The van der Waals surface area contributed by atoms with Crippen LogP contribution >= 0.6 is 11.6 Å². The number of cyclic esters (lactones) is 1. The molecular formula is C14H19ClN2O4. The molecule has 1 atom stereocenters. The van der Waals surface area contributed by atoms with Gasteiger partial charge in [-0.3, -0.25) is 0 Å². The number of methoxy groups -OCH3 is 1. The molecule has 2 rings (SSSR count). The van der Waals surface area contributed by atoms with Gasteiger partial charge in [0.05, 0.1) is 18.2 Å². The van der Waals surface area contributed by atoms with Crippen LogP contribution in [0.15, 0.2) is 18.2 Å². The average molecular weight is 315 g/mol. The van der Waals surface area contributed by atoms with Crippen molar-refractivity contribution in [1.29, 1.82) is 0 Å². The van der Waals surface area contributed by atoms with E-state index in [9.17, 15) is 4.79 Å². The van der Waals surface area contributed by atoms with Gasteiger partial charge in [-0.25, -0.2) is 4.79 Å². The van der Waals surface area contributed by atoms with Crippen molar-refractivity contribution in [3.8, 4) is 5.75 Å². The molecule has 0 aliphatic carbocycles. The van der Waals surface area contributed by atoms with Crippen molar-refractivity contribution in [2.45, 2.75) is 12.6 Å². The van der Waals surface area contributed by atoms with Gasteiger partial charge in [0.25, 0.3) is 0 Å². The van der Waals surface area contributed by atoms with Gasteiger partial charge in [-0.15, -0.1) is 0 Å². The fourth-order valence-electron chi connectivity index (χ4n) is 1.95. The lowest BCUT2D eigenvalue weighted by Gasteiger charge is -2.15. The molecule has 1 amide bonds. The van der Waals surface area contributed by atoms with Crippen LogP contribution in [-0.2, 0) is 16.0 Å². The Bertz CT molecular complexity index is 484. The lowest BCUT2D eigenvalue weighted by Crippen LogP contribution is -2.23. The second-order valence-electron chi connectivity index (χ2n) is 4.62. The smallest absolute Gasteiger partial charge is 0.407 e. The van der Waals surface area contributed by atoms with Crippen LogP contribution in [0, 0.1) is 0 Å². The van der Waals surface area contributed by atoms with Gasteiger partial charge < -0.3 is 24.8 Å². The molecule has 1 aliphatic rings. The van der Waals surface area contributed by atoms with E-state index in [-0.39, 0.29) is 12.7 Å². The number of carbonyl (C=O) groups is 1. The van der Waals surface area contributed by atoms with E-state index in [1.807, 2.05) is 12.1 Å². The molecule has 1 saturated heterocycles. The van der Waals surface area contributed by atoms with Crippen LogP contribution in [0.4, 0.5) is 4.79 Å². The molecule has 1 aromatic rings. The highest BCUT2D eigenvalue weighted by molar-refractivity contribution is 6.32. The standard InChI is InChI=1S/C14H19ClN2O4/c1-19-6-5-16-7-10-3-2-4-12(15)13(10)20-9-11-8-17-14(18)21-11/h2-4,11,16H,5-9H2,1H3,(H,17,18). The molecule has 6 nitrogen and oxygen atoms in total. The Balaban J connectivity index is 1.91. The van der Waals surface area contributed by atoms with Crippen molar-refractivity contribution in [3.63, 3.8) is 0 Å². The van der Waals surface area contributed by atoms with Gasteiger partial charge in [0, 0.05) is 25.8 Å². The molecular weight excluding hydrogens is 296 g/mol. The van der Waals surface area contributed by atoms with Gasteiger partial charge in [-0.2, -0.15) is 0 Å². The number of carbonyl (C=O) groups excluding carboxylic acids is 1. The van der Waals surface area contributed by atoms with Gasteiger partial charge in [-0.1, -0.05) is 23.7 Å². The Labute approximate surface area is 128 Å². The summed E-state index contributed by atoms with van der Waals surface area (Å²) in [5.74, 6) is 0.618. The van der Waals surface area contributed by atoms with Gasteiger partial charge in [0.15, 0.2) is 6.10 Å². The van der Waals surface area contributed by atoms with E-state index in [4.69, 9.17) is 25.8 Å². The van der Waals surface area contributed by atoms with Gasteiger partial charge in [-0.05, 0) is 6.07 Å². The number of nitrogens with one attached hydrogen (secondary N) is 2. The largest absolute Gasteiger partial charge is 0.488 e. The van der Waals surface area contributed by atoms with E-state index in [2.05, 4.69) is 10.6 Å². The Morgan fingerprint density at radius 3 is 3.10 bits per heavy atom. The minimum Gasteiger partial charge on any atom is -0.488 e. The zero-order valence-electron chi connectivity index (χ0n) is 11.9. The third-order valence-corrected chi connectivity index (χ3v) is 3.31. The summed E-state index contributed by atoms with van der Waals surface area (Å²) >= 11 is 6.18. The van der Waals surface area contributed by atoms with Crippen LogP contribution < -0.4 is 15.4 Å². The highest BCUT2D eigenvalue weighted by Crippen LogP contribution is 2.29. The van der Waals surface area contributed by atoms with Crippen molar-refractivity contribution >= 4 is 17.7 Å². The maximum atomic E-state index is 11.0. The molecule has 2 N–H and O–H groups in total. The van der Waals surface area contributed by atoms with Gasteiger partial charge in [0.2, 0.25) is 0 Å². The summed E-state index contributed by atoms with van der Waals surface area (Å²) in [5, 5.41) is 6.37. The van der Waals surface area contributed by atoms with Crippen LogP contribution in [0.3, 0.4) is 0 Å². The molecule has 1 fully saturated rings. The Kier molecular flexibility index (Phi) is 6.10. The number of ether oxygens (including phenoxy) is 3. The lowest BCUT2D eigenvalue weighted by molar-refractivity contribution is 0.104. The third-order valence-electron chi connectivity index (χ3n) is 3.01. The Morgan fingerprint density at radius 2 is 2.38 bits per heavy atom. The van der Waals surface area contributed by atoms with Gasteiger partial charge >= 0.3 is 6.09 Å². The maximum Gasteiger partial charge on any atom is 0.407 e. The molecule has 0 bridgehead atoms. The number of benzene rings is 1. The topological polar surface area (TPSA) is 68.8 Å². The number of para-hydroxylation sites is 1. The second-order valence-corrected chi connectivity index (χ2v) is 5.02. The van der Waals surface area contributed by atoms with E-state index in [1.54, 1.807) is 13.2 Å². The van der Waals surface area contributed by atoms with E-state index < -0.39 is 6.09 Å². The zero-order valence-corrected chi connectivity index (χ0v) is 12.6. The summed E-state index contributed by atoms with van der Waals surface area (Å²) in [4.78, 5) is 11.0. The van der Waals surface area contributed by atoms with Crippen LogP contribution in [0.5, 0.6) is 5.75 Å². The first-order chi connectivity index (χ1) is 10.2. The van der Waals surface area contributed by atoms with Crippen molar-refractivity contribution in [1.82, 2.24) is 10.6 Å². The summed E-state index contributed by atoms with van der Waals surface area (Å²) in [6.45, 7) is 2.73. The predicted octanol–water partition coefficient (Wildman–Crippen LogP) is 1.56. The number of halogens is 1. The molecule has 1 heterocycles. The number of rotatable bonds is 8. The summed E-state index contributed by atoms with van der Waals surface area (Å²) < 4.78 is 15.7. The highest BCUT2D eigenvalue weighted by atomic mass is 35.5. The third kappa shape index (κ3) is 4.77. The van der Waals surface area contributed by atoms with E-state index in [0.717, 1.165) is 12.1 Å². The fraction of sp³-hybridized carbons (Fsp3) is 0.500. The Hall–Kier alpha value is -1.50. The molecule has 1 aliphatic heterocycles. The summed E-state index contributed by atoms with van der Waals surface area (Å²) in [7, 11) is 1.66. The number of hydrogen-bond donors (Lipinski definition) is 2. The average Bonchev–Trinajstić information content (AvgIpc) is 2.88. The number of amides is 1. The van der Waals surface area contributed by atoms with E-state index >= 15 is 0 Å². The molecule has 0 aromatic heterocycles. The number of hydrogen-bond acceptors (Lipinski definition) is 5. The zero-order chi connectivity index (χ0) is 15.1. The first kappa shape index (κ1) is 15.9. The molecule has 0 radical (unpaired) electrons. The van der Waals surface area contributed by atoms with Crippen molar-refractivity contribution in [2.24, 2.45) is 0 Å². The fourth-order valence-corrected chi connectivity index (χ4v) is 2.20. The second kappa shape index (κ2) is 8.07. The van der Waals surface area contributed by atoms with Crippen molar-refractivity contribution in [3.05, 3.63) is 28.8 Å². The highest BCUT2D eigenvalue weighted by Gasteiger charge is 2.23. The summed E-state index contributed by atoms with van der Waals surface area (Å²) in [5.41, 5.74) is 0.955. The SMILES string of the molecule is COCCNCc1cccc(Cl)c1OCC1CNC(=O)O1. The van der Waals surface area contributed by atoms with Crippen LogP contribution in [-0.4, -0.2) is 45.6 Å². The van der Waals surface area contributed by atoms with Crippen molar-refractivity contribution < 1.29 is 19.0 Å². The molecule has 1 unspecified atom stereocenters. The normalized spacial score (nSPS) is 17.4. The lowest BCUT2D eigenvalue weighted by atomic mass is 10.2. The van der Waals surface area contributed by atoms with E-state index in [1.165, 1.54) is 0 Å². The Morgan fingerprint density at radius 1 is 1.52 bits per heavy atom. The molecule has 0 spiro atoms. The summed E-state index contributed by atoms with van der Waals surface area (Å²) in [6, 6.07) is 5.59. The van der Waals surface area contributed by atoms with Crippen molar-refractivity contribution in [2.75, 3.05) is 33.4 Å². The number of alkyl carbamates (subject to hydrolysis) is 1. The molecule has 21 heavy (non-hydrogen) atoms. The first-order valence-corrected chi connectivity index (χ1v) is 7.13. The predicted molar refractivity (Wildman–Crippen MR) is 78.8 cm³/mol. The summed E-state index contributed by atoms with van der Waals surface area (Å²) in [6.07, 6.45) is -0.702. The maximum absolute atomic E-state index is 11.0. The van der Waals surface area contributed by atoms with Gasteiger partial charge in [0.1, 0.15) is 12.4 Å². The molecule has 0 saturated carbocycles.